The van der Waals surface area contributed by atoms with E-state index in [4.69, 9.17) is 5.26 Å². The zero-order valence-corrected chi connectivity index (χ0v) is 13.8. The van der Waals surface area contributed by atoms with E-state index < -0.39 is 10.0 Å². The van der Waals surface area contributed by atoms with Crippen molar-refractivity contribution in [2.75, 3.05) is 22.7 Å². The summed E-state index contributed by atoms with van der Waals surface area (Å²) >= 11 is 0. The summed E-state index contributed by atoms with van der Waals surface area (Å²) < 4.78 is 27.1. The maximum absolute atomic E-state index is 12.3. The molecule has 8 heteroatoms. The molecule has 3 heterocycles. The number of pyridine rings is 2. The van der Waals surface area contributed by atoms with Crippen LogP contribution in [0.2, 0.25) is 0 Å². The summed E-state index contributed by atoms with van der Waals surface area (Å²) in [5.41, 5.74) is 0.557. The van der Waals surface area contributed by atoms with Gasteiger partial charge in [-0.1, -0.05) is 0 Å². The quantitative estimate of drug-likeness (QED) is 0.913. The molecule has 3 rings (SSSR count). The van der Waals surface area contributed by atoms with Gasteiger partial charge in [-0.2, -0.15) is 5.26 Å². The van der Waals surface area contributed by atoms with E-state index in [1.54, 1.807) is 6.07 Å². The topological polar surface area (TPSA) is 99.0 Å². The fraction of sp³-hybridized carbons (Fsp3) is 0.312. The van der Waals surface area contributed by atoms with Gasteiger partial charge in [-0.3, -0.25) is 4.72 Å². The lowest BCUT2D eigenvalue weighted by Crippen LogP contribution is -2.30. The van der Waals surface area contributed by atoms with Gasteiger partial charge >= 0.3 is 0 Å². The highest BCUT2D eigenvalue weighted by Crippen LogP contribution is 2.20. The van der Waals surface area contributed by atoms with Crippen molar-refractivity contribution in [2.24, 2.45) is 0 Å². The maximum atomic E-state index is 12.3. The minimum atomic E-state index is -3.75. The molecule has 24 heavy (non-hydrogen) atoms. The van der Waals surface area contributed by atoms with Gasteiger partial charge in [0.1, 0.15) is 22.5 Å². The molecular formula is C16H17N5O2S. The molecule has 1 N–H and O–H groups in total. The molecule has 0 spiro atoms. The normalized spacial score (nSPS) is 14.9. The third-order valence-corrected chi connectivity index (χ3v) is 5.21. The summed E-state index contributed by atoms with van der Waals surface area (Å²) in [6, 6.07) is 8.09. The highest BCUT2D eigenvalue weighted by Gasteiger charge is 2.16. The first-order chi connectivity index (χ1) is 11.6. The van der Waals surface area contributed by atoms with Crippen LogP contribution in [-0.2, 0) is 10.0 Å². The number of anilines is 2. The van der Waals surface area contributed by atoms with Crippen LogP contribution in [0.3, 0.4) is 0 Å². The van der Waals surface area contributed by atoms with Gasteiger partial charge in [0.15, 0.2) is 0 Å². The van der Waals surface area contributed by atoms with E-state index in [-0.39, 0.29) is 10.6 Å². The molecule has 1 aliphatic rings. The summed E-state index contributed by atoms with van der Waals surface area (Å²) in [7, 11) is -3.75. The molecule has 2 aromatic rings. The number of hydrogen-bond donors (Lipinski definition) is 1. The first-order valence-corrected chi connectivity index (χ1v) is 9.17. The summed E-state index contributed by atoms with van der Waals surface area (Å²) in [5, 5.41) is 8.71. The number of hydrogen-bond acceptors (Lipinski definition) is 6. The predicted octanol–water partition coefficient (Wildman–Crippen LogP) is 2.14. The number of aromatic nitrogens is 2. The van der Waals surface area contributed by atoms with Gasteiger partial charge in [-0.15, -0.1) is 0 Å². The molecule has 1 aliphatic heterocycles. The molecule has 2 aromatic heterocycles. The summed E-state index contributed by atoms with van der Waals surface area (Å²) in [5.74, 6) is 0.859. The smallest absolute Gasteiger partial charge is 0.263 e. The number of nitriles is 1. The largest absolute Gasteiger partial charge is 0.357 e. The van der Waals surface area contributed by atoms with Crippen LogP contribution in [0.4, 0.5) is 11.5 Å². The van der Waals surface area contributed by atoms with Gasteiger partial charge in [0.05, 0.1) is 11.9 Å². The number of nitrogens with zero attached hydrogens (tertiary/aromatic N) is 4. The molecule has 0 aliphatic carbocycles. The standard InChI is InChI=1S/C16H17N5O2S/c17-10-13-4-6-15(12-18-13)24(22,23)20-14-5-7-16(19-11-14)21-8-2-1-3-9-21/h4-7,11-12,20H,1-3,8-9H2. The molecule has 7 nitrogen and oxygen atoms in total. The van der Waals surface area contributed by atoms with Crippen LogP contribution in [0.1, 0.15) is 25.0 Å². The van der Waals surface area contributed by atoms with Gasteiger partial charge in [-0.05, 0) is 43.5 Å². The zero-order chi connectivity index (χ0) is 17.0. The Morgan fingerprint density at radius 1 is 1.04 bits per heavy atom. The summed E-state index contributed by atoms with van der Waals surface area (Å²) in [6.07, 6.45) is 6.23. The van der Waals surface area contributed by atoms with E-state index in [1.807, 2.05) is 12.1 Å². The minimum Gasteiger partial charge on any atom is -0.357 e. The van der Waals surface area contributed by atoms with E-state index >= 15 is 0 Å². The number of rotatable bonds is 4. The van der Waals surface area contributed by atoms with Gasteiger partial charge in [-0.25, -0.2) is 18.4 Å². The highest BCUT2D eigenvalue weighted by atomic mass is 32.2. The number of sulfonamides is 1. The first-order valence-electron chi connectivity index (χ1n) is 7.68. The second-order valence-corrected chi connectivity index (χ2v) is 7.23. The first kappa shape index (κ1) is 16.2. The van der Waals surface area contributed by atoms with Crippen molar-refractivity contribution < 1.29 is 8.42 Å². The van der Waals surface area contributed by atoms with Crippen molar-refractivity contribution in [3.05, 3.63) is 42.4 Å². The van der Waals surface area contributed by atoms with Gasteiger partial charge in [0, 0.05) is 19.3 Å². The van der Waals surface area contributed by atoms with Crippen LogP contribution in [0.15, 0.2) is 41.6 Å². The SMILES string of the molecule is N#Cc1ccc(S(=O)(=O)Nc2ccc(N3CCCCC3)nc2)cn1. The molecule has 0 radical (unpaired) electrons. The van der Waals surface area contributed by atoms with Gasteiger partial charge in [0.25, 0.3) is 10.0 Å². The fourth-order valence-electron chi connectivity index (χ4n) is 2.58. The van der Waals surface area contributed by atoms with Crippen molar-refractivity contribution in [1.29, 1.82) is 5.26 Å². The van der Waals surface area contributed by atoms with E-state index in [1.165, 1.54) is 24.8 Å². The van der Waals surface area contributed by atoms with Crippen molar-refractivity contribution >= 4 is 21.5 Å². The van der Waals surface area contributed by atoms with Crippen LogP contribution in [-0.4, -0.2) is 31.5 Å². The Labute approximate surface area is 141 Å². The maximum Gasteiger partial charge on any atom is 0.263 e. The molecule has 0 amide bonds. The molecule has 0 aromatic carbocycles. The Balaban J connectivity index is 1.73. The predicted molar refractivity (Wildman–Crippen MR) is 90.1 cm³/mol. The van der Waals surface area contributed by atoms with E-state index in [0.717, 1.165) is 37.9 Å². The van der Waals surface area contributed by atoms with Gasteiger partial charge < -0.3 is 4.90 Å². The van der Waals surface area contributed by atoms with Crippen LogP contribution in [0, 0.1) is 11.3 Å². The minimum absolute atomic E-state index is 0.00149. The highest BCUT2D eigenvalue weighted by molar-refractivity contribution is 7.92. The second kappa shape index (κ2) is 6.84. The van der Waals surface area contributed by atoms with E-state index in [9.17, 15) is 8.42 Å². The average Bonchev–Trinajstić information content (AvgIpc) is 2.63. The Morgan fingerprint density at radius 2 is 1.83 bits per heavy atom. The van der Waals surface area contributed by atoms with Crippen LogP contribution in [0.5, 0.6) is 0 Å². The lowest BCUT2D eigenvalue weighted by atomic mass is 10.1. The van der Waals surface area contributed by atoms with Crippen LogP contribution in [0.25, 0.3) is 0 Å². The molecule has 124 valence electrons. The average molecular weight is 343 g/mol. The molecule has 0 unspecified atom stereocenters. The number of piperidine rings is 1. The summed E-state index contributed by atoms with van der Waals surface area (Å²) in [6.45, 7) is 1.96. The third-order valence-electron chi connectivity index (χ3n) is 3.84. The lowest BCUT2D eigenvalue weighted by Gasteiger charge is -2.27. The zero-order valence-electron chi connectivity index (χ0n) is 13.0. The van der Waals surface area contributed by atoms with Crippen LogP contribution >= 0.6 is 0 Å². The molecule has 0 saturated carbocycles. The Hall–Kier alpha value is -2.66. The molecule has 1 saturated heterocycles. The second-order valence-electron chi connectivity index (χ2n) is 5.55. The van der Waals surface area contributed by atoms with Crippen molar-refractivity contribution in [3.63, 3.8) is 0 Å². The van der Waals surface area contributed by atoms with Crippen molar-refractivity contribution in [1.82, 2.24) is 9.97 Å². The van der Waals surface area contributed by atoms with Gasteiger partial charge in [0.2, 0.25) is 0 Å². The third kappa shape index (κ3) is 3.63. The molecule has 0 bridgehead atoms. The Bertz CT molecular complexity index is 836. The van der Waals surface area contributed by atoms with Crippen LogP contribution < -0.4 is 9.62 Å². The molecule has 1 fully saturated rings. The Morgan fingerprint density at radius 3 is 2.42 bits per heavy atom. The molecular weight excluding hydrogens is 326 g/mol. The van der Waals surface area contributed by atoms with E-state index in [0.29, 0.717) is 5.69 Å². The lowest BCUT2D eigenvalue weighted by molar-refractivity contribution is 0.573. The summed E-state index contributed by atoms with van der Waals surface area (Å²) in [4.78, 5) is 10.3. The van der Waals surface area contributed by atoms with Crippen molar-refractivity contribution in [3.8, 4) is 6.07 Å². The Kier molecular flexibility index (Phi) is 4.62. The van der Waals surface area contributed by atoms with Crippen molar-refractivity contribution in [2.45, 2.75) is 24.2 Å². The monoisotopic (exact) mass is 343 g/mol. The fourth-order valence-corrected chi connectivity index (χ4v) is 3.56. The number of nitrogens with one attached hydrogen (secondary N) is 1. The van der Waals surface area contributed by atoms with E-state index in [2.05, 4.69) is 19.6 Å². The molecule has 0 atom stereocenters.